The highest BCUT2D eigenvalue weighted by atomic mass is 16.5. The molecule has 0 atom stereocenters. The molecule has 0 aliphatic rings. The summed E-state index contributed by atoms with van der Waals surface area (Å²) in [5.41, 5.74) is 8.67. The number of methoxy groups -OCH3 is 1. The number of pyridine rings is 1. The van der Waals surface area contributed by atoms with Crippen LogP contribution >= 0.6 is 0 Å². The first-order chi connectivity index (χ1) is 10.0. The van der Waals surface area contributed by atoms with E-state index in [0.717, 1.165) is 11.3 Å². The number of rotatable bonds is 4. The molecule has 2 aromatic rings. The van der Waals surface area contributed by atoms with Crippen LogP contribution in [-0.2, 0) is 4.74 Å². The van der Waals surface area contributed by atoms with Crippen molar-refractivity contribution in [3.05, 3.63) is 47.7 Å². The molecule has 21 heavy (non-hydrogen) atoms. The quantitative estimate of drug-likeness (QED) is 0.843. The van der Waals surface area contributed by atoms with Crippen LogP contribution in [0.3, 0.4) is 0 Å². The van der Waals surface area contributed by atoms with Crippen LogP contribution in [0.4, 0.5) is 17.2 Å². The Morgan fingerprint density at radius 3 is 2.67 bits per heavy atom. The van der Waals surface area contributed by atoms with E-state index >= 15 is 0 Å². The number of nitrogen functional groups attached to an aromatic ring is 1. The number of carbonyl (C=O) groups is 1. The lowest BCUT2D eigenvalue weighted by Crippen LogP contribution is -2.09. The molecule has 0 fully saturated rings. The van der Waals surface area contributed by atoms with Gasteiger partial charge in [-0.05, 0) is 23.6 Å². The van der Waals surface area contributed by atoms with Gasteiger partial charge in [-0.25, -0.2) is 9.78 Å². The largest absolute Gasteiger partial charge is 0.465 e. The lowest BCUT2D eigenvalue weighted by atomic mass is 10.0. The first-order valence-corrected chi connectivity index (χ1v) is 6.73. The second-order valence-electron chi connectivity index (χ2n) is 4.98. The van der Waals surface area contributed by atoms with Crippen LogP contribution < -0.4 is 11.1 Å². The number of esters is 1. The van der Waals surface area contributed by atoms with Gasteiger partial charge in [-0.1, -0.05) is 32.0 Å². The molecule has 0 amide bonds. The van der Waals surface area contributed by atoms with Crippen molar-refractivity contribution in [3.8, 4) is 0 Å². The fourth-order valence-corrected chi connectivity index (χ4v) is 2.10. The highest BCUT2D eigenvalue weighted by Crippen LogP contribution is 2.29. The zero-order valence-corrected chi connectivity index (χ0v) is 12.4. The fourth-order valence-electron chi connectivity index (χ4n) is 2.10. The lowest BCUT2D eigenvalue weighted by molar-refractivity contribution is 0.0602. The summed E-state index contributed by atoms with van der Waals surface area (Å²) in [4.78, 5) is 15.9. The topological polar surface area (TPSA) is 77.2 Å². The van der Waals surface area contributed by atoms with E-state index in [-0.39, 0.29) is 5.69 Å². The van der Waals surface area contributed by atoms with Crippen molar-refractivity contribution in [3.63, 3.8) is 0 Å². The Kier molecular flexibility index (Phi) is 4.42. The Hall–Kier alpha value is -2.56. The summed E-state index contributed by atoms with van der Waals surface area (Å²) in [7, 11) is 1.32. The third kappa shape index (κ3) is 3.13. The molecule has 0 unspecified atom stereocenters. The van der Waals surface area contributed by atoms with Crippen molar-refractivity contribution >= 4 is 23.2 Å². The van der Waals surface area contributed by atoms with E-state index in [4.69, 9.17) is 10.5 Å². The van der Waals surface area contributed by atoms with Crippen LogP contribution in [0.1, 0.15) is 35.7 Å². The number of nitrogens with one attached hydrogen (secondary N) is 1. The van der Waals surface area contributed by atoms with E-state index < -0.39 is 5.97 Å². The second kappa shape index (κ2) is 6.26. The Labute approximate surface area is 124 Å². The number of para-hydroxylation sites is 1. The van der Waals surface area contributed by atoms with Gasteiger partial charge in [-0.3, -0.25) is 0 Å². The zero-order chi connectivity index (χ0) is 15.4. The maximum Gasteiger partial charge on any atom is 0.340 e. The maximum absolute atomic E-state index is 11.7. The van der Waals surface area contributed by atoms with Gasteiger partial charge < -0.3 is 15.8 Å². The molecule has 5 nitrogen and oxygen atoms in total. The van der Waals surface area contributed by atoms with Gasteiger partial charge in [0.15, 0.2) is 5.82 Å². The third-order valence-corrected chi connectivity index (χ3v) is 3.23. The van der Waals surface area contributed by atoms with Gasteiger partial charge in [0.05, 0.1) is 18.4 Å². The Bertz CT molecular complexity index is 654. The molecule has 0 spiro atoms. The molecule has 0 bridgehead atoms. The molecule has 0 radical (unpaired) electrons. The second-order valence-corrected chi connectivity index (χ2v) is 4.98. The zero-order valence-electron chi connectivity index (χ0n) is 12.4. The standard InChI is InChI=1S/C16H19N3O2/c1-10(2)11-6-4-5-7-13(11)19-15-14(17)12(8-9-18-15)16(20)21-3/h4-10H,17H2,1-3H3,(H,18,19). The van der Waals surface area contributed by atoms with Gasteiger partial charge in [0, 0.05) is 11.9 Å². The summed E-state index contributed by atoms with van der Waals surface area (Å²) in [6.07, 6.45) is 1.53. The Balaban J connectivity index is 2.39. The number of anilines is 3. The average Bonchev–Trinajstić information content (AvgIpc) is 2.49. The van der Waals surface area contributed by atoms with E-state index in [9.17, 15) is 4.79 Å². The average molecular weight is 285 g/mol. The van der Waals surface area contributed by atoms with Crippen molar-refractivity contribution in [2.45, 2.75) is 19.8 Å². The van der Waals surface area contributed by atoms with Crippen LogP contribution in [0, 0.1) is 0 Å². The Morgan fingerprint density at radius 2 is 2.00 bits per heavy atom. The third-order valence-electron chi connectivity index (χ3n) is 3.23. The predicted molar refractivity (Wildman–Crippen MR) is 83.8 cm³/mol. The summed E-state index contributed by atoms with van der Waals surface area (Å²) < 4.78 is 4.71. The van der Waals surface area contributed by atoms with Crippen LogP contribution in [-0.4, -0.2) is 18.1 Å². The van der Waals surface area contributed by atoms with Crippen LogP contribution in [0.15, 0.2) is 36.5 Å². The van der Waals surface area contributed by atoms with E-state index in [1.165, 1.54) is 13.3 Å². The predicted octanol–water partition coefficient (Wildman–Crippen LogP) is 3.32. The molecule has 0 saturated carbocycles. The molecular weight excluding hydrogens is 266 g/mol. The molecule has 0 saturated heterocycles. The summed E-state index contributed by atoms with van der Waals surface area (Å²) in [6.45, 7) is 4.23. The van der Waals surface area contributed by atoms with Crippen molar-refractivity contribution in [1.82, 2.24) is 4.98 Å². The normalized spacial score (nSPS) is 10.5. The number of nitrogens with two attached hydrogens (primary N) is 1. The summed E-state index contributed by atoms with van der Waals surface area (Å²) in [5.74, 6) is 0.333. The molecule has 1 heterocycles. The number of ether oxygens (including phenoxy) is 1. The van der Waals surface area contributed by atoms with Crippen LogP contribution in [0.25, 0.3) is 0 Å². The van der Waals surface area contributed by atoms with E-state index in [1.54, 1.807) is 6.07 Å². The van der Waals surface area contributed by atoms with Gasteiger partial charge >= 0.3 is 5.97 Å². The van der Waals surface area contributed by atoms with E-state index in [0.29, 0.717) is 17.3 Å². The number of benzene rings is 1. The highest BCUT2D eigenvalue weighted by Gasteiger charge is 2.15. The summed E-state index contributed by atoms with van der Waals surface area (Å²) in [6, 6.07) is 9.48. The number of nitrogens with zero attached hydrogens (tertiary/aromatic N) is 1. The Morgan fingerprint density at radius 1 is 1.29 bits per heavy atom. The van der Waals surface area contributed by atoms with Gasteiger partial charge in [0.2, 0.25) is 0 Å². The number of hydrogen-bond donors (Lipinski definition) is 2. The molecule has 1 aromatic carbocycles. The van der Waals surface area contributed by atoms with E-state index in [2.05, 4.69) is 24.1 Å². The lowest BCUT2D eigenvalue weighted by Gasteiger charge is -2.16. The SMILES string of the molecule is COC(=O)c1ccnc(Nc2ccccc2C(C)C)c1N. The molecular formula is C16H19N3O2. The number of carbonyl (C=O) groups excluding carboxylic acids is 1. The smallest absolute Gasteiger partial charge is 0.340 e. The molecule has 2 rings (SSSR count). The minimum absolute atomic E-state index is 0.280. The summed E-state index contributed by atoms with van der Waals surface area (Å²) in [5, 5.41) is 3.20. The number of hydrogen-bond acceptors (Lipinski definition) is 5. The maximum atomic E-state index is 11.7. The minimum Gasteiger partial charge on any atom is -0.465 e. The van der Waals surface area contributed by atoms with Crippen LogP contribution in [0.2, 0.25) is 0 Å². The minimum atomic E-state index is -0.477. The molecule has 0 aliphatic carbocycles. The molecule has 110 valence electrons. The van der Waals surface area contributed by atoms with Gasteiger partial charge in [0.1, 0.15) is 0 Å². The first kappa shape index (κ1) is 14.8. The highest BCUT2D eigenvalue weighted by molar-refractivity contribution is 5.98. The molecule has 3 N–H and O–H groups in total. The monoisotopic (exact) mass is 285 g/mol. The van der Waals surface area contributed by atoms with Crippen molar-refractivity contribution < 1.29 is 9.53 Å². The van der Waals surface area contributed by atoms with Crippen molar-refractivity contribution in [1.29, 1.82) is 0 Å². The van der Waals surface area contributed by atoms with Crippen molar-refractivity contribution in [2.75, 3.05) is 18.2 Å². The molecule has 5 heteroatoms. The van der Waals surface area contributed by atoms with Gasteiger partial charge in [-0.15, -0.1) is 0 Å². The fraction of sp³-hybridized carbons (Fsp3) is 0.250. The number of aromatic nitrogens is 1. The molecule has 0 aliphatic heterocycles. The summed E-state index contributed by atoms with van der Waals surface area (Å²) >= 11 is 0. The first-order valence-electron chi connectivity index (χ1n) is 6.73. The van der Waals surface area contributed by atoms with Crippen molar-refractivity contribution in [2.24, 2.45) is 0 Å². The molecule has 1 aromatic heterocycles. The van der Waals surface area contributed by atoms with E-state index in [1.807, 2.05) is 24.3 Å². The van der Waals surface area contributed by atoms with Crippen LogP contribution in [0.5, 0.6) is 0 Å². The van der Waals surface area contributed by atoms with Gasteiger partial charge in [-0.2, -0.15) is 0 Å². The van der Waals surface area contributed by atoms with Gasteiger partial charge in [0.25, 0.3) is 0 Å².